The molecule has 3 rings (SSSR count). The van der Waals surface area contributed by atoms with E-state index in [1.165, 1.54) is 13.2 Å². The lowest BCUT2D eigenvalue weighted by Gasteiger charge is -2.28. The zero-order chi connectivity index (χ0) is 29.7. The fourth-order valence-electron chi connectivity index (χ4n) is 4.52. The number of nitrogens with one attached hydrogen (secondary N) is 1. The number of methoxy groups -OCH3 is 1. The Balaban J connectivity index is 1.88. The molecule has 3 N–H and O–H groups in total. The van der Waals surface area contributed by atoms with Gasteiger partial charge in [-0.3, -0.25) is 4.79 Å². The molecule has 0 aromatic heterocycles. The number of carbonyl (C=O) groups excluding carboxylic acids is 2. The second kappa shape index (κ2) is 15.4. The van der Waals surface area contributed by atoms with Gasteiger partial charge in [0.15, 0.2) is 0 Å². The van der Waals surface area contributed by atoms with Crippen molar-refractivity contribution in [1.29, 1.82) is 0 Å². The topological polar surface area (TPSA) is 105 Å². The van der Waals surface area contributed by atoms with Crippen LogP contribution >= 0.6 is 0 Å². The third-order valence-corrected chi connectivity index (χ3v) is 6.72. The Kier molecular flexibility index (Phi) is 11.6. The second-order valence-electron chi connectivity index (χ2n) is 9.70. The standard InChI is InChI=1S/C34H37NO6/c1-25-19-13-8-4-5-9-16-22-27(26-20-14-12-15-21-26)35-28(36)23-17-10-6-7-11-18-24-34(2)29(33(39)41-25)30(37)31(40-3)32(34)38/h4-21,23-24,27,31-32,37-38H,22H2,1-3H3,(H,35,36)/b5-4-,10-6-,11-7-,13-8-,16-9-,23-17-,24-18-,25-19-/t27-,31+,32-,34-/m1/s1. The number of benzene rings is 1. The van der Waals surface area contributed by atoms with E-state index in [0.717, 1.165) is 5.56 Å². The first-order valence-corrected chi connectivity index (χ1v) is 13.4. The molecule has 1 aliphatic carbocycles. The maximum absolute atomic E-state index is 13.1. The van der Waals surface area contributed by atoms with Gasteiger partial charge in [-0.1, -0.05) is 109 Å². The number of carbonyl (C=O) groups is 2. The molecule has 2 aliphatic rings. The van der Waals surface area contributed by atoms with Crippen LogP contribution in [-0.4, -0.2) is 41.4 Å². The molecule has 0 radical (unpaired) electrons. The summed E-state index contributed by atoms with van der Waals surface area (Å²) in [5.41, 5.74) is -0.327. The number of amides is 1. The van der Waals surface area contributed by atoms with E-state index in [0.29, 0.717) is 12.2 Å². The molecule has 7 heteroatoms. The van der Waals surface area contributed by atoms with E-state index in [2.05, 4.69) is 5.32 Å². The van der Waals surface area contributed by atoms with Crippen LogP contribution in [0.4, 0.5) is 0 Å². The number of esters is 1. The van der Waals surface area contributed by atoms with Gasteiger partial charge in [0, 0.05) is 13.2 Å². The van der Waals surface area contributed by atoms with E-state index in [1.54, 1.807) is 74.6 Å². The van der Waals surface area contributed by atoms with Crippen LogP contribution in [0.1, 0.15) is 31.9 Å². The van der Waals surface area contributed by atoms with E-state index in [9.17, 15) is 19.8 Å². The summed E-state index contributed by atoms with van der Waals surface area (Å²) in [6.45, 7) is 3.26. The van der Waals surface area contributed by atoms with Crippen LogP contribution < -0.4 is 5.32 Å². The van der Waals surface area contributed by atoms with Crippen LogP contribution in [-0.2, 0) is 19.1 Å². The molecule has 1 aliphatic heterocycles. The van der Waals surface area contributed by atoms with Crippen molar-refractivity contribution in [2.24, 2.45) is 5.41 Å². The van der Waals surface area contributed by atoms with Gasteiger partial charge >= 0.3 is 5.97 Å². The molecule has 7 nitrogen and oxygen atoms in total. The Morgan fingerprint density at radius 1 is 0.927 bits per heavy atom. The van der Waals surface area contributed by atoms with Crippen molar-refractivity contribution in [3.63, 3.8) is 0 Å². The highest BCUT2D eigenvalue weighted by Gasteiger charge is 2.53. The summed E-state index contributed by atoms with van der Waals surface area (Å²) < 4.78 is 10.7. The molecule has 1 heterocycles. The predicted molar refractivity (Wildman–Crippen MR) is 160 cm³/mol. The van der Waals surface area contributed by atoms with Crippen molar-refractivity contribution >= 4 is 11.9 Å². The summed E-state index contributed by atoms with van der Waals surface area (Å²) in [7, 11) is 1.35. The first-order chi connectivity index (χ1) is 19.8. The first kappa shape index (κ1) is 31.1. The molecular formula is C34H37NO6. The van der Waals surface area contributed by atoms with Crippen molar-refractivity contribution in [2.75, 3.05) is 7.11 Å². The van der Waals surface area contributed by atoms with Gasteiger partial charge in [-0.2, -0.15) is 0 Å². The summed E-state index contributed by atoms with van der Waals surface area (Å²) in [6.07, 6.45) is 24.3. The molecule has 0 saturated heterocycles. The summed E-state index contributed by atoms with van der Waals surface area (Å²) in [5.74, 6) is -1.04. The highest BCUT2D eigenvalue weighted by atomic mass is 16.5. The van der Waals surface area contributed by atoms with Crippen molar-refractivity contribution in [3.05, 3.63) is 144 Å². The lowest BCUT2D eigenvalue weighted by atomic mass is 9.80. The van der Waals surface area contributed by atoms with Gasteiger partial charge in [-0.05, 0) is 31.9 Å². The molecule has 1 aromatic carbocycles. The predicted octanol–water partition coefficient (Wildman–Crippen LogP) is 5.80. The van der Waals surface area contributed by atoms with Crippen LogP contribution in [0, 0.1) is 5.41 Å². The molecule has 1 amide bonds. The van der Waals surface area contributed by atoms with Gasteiger partial charge in [0.05, 0.1) is 17.0 Å². The van der Waals surface area contributed by atoms with Gasteiger partial charge < -0.3 is 25.0 Å². The summed E-state index contributed by atoms with van der Waals surface area (Å²) in [5, 5.41) is 24.7. The maximum atomic E-state index is 13.1. The molecule has 0 bridgehead atoms. The van der Waals surface area contributed by atoms with Crippen molar-refractivity contribution in [1.82, 2.24) is 5.32 Å². The maximum Gasteiger partial charge on any atom is 0.343 e. The molecule has 0 saturated carbocycles. The van der Waals surface area contributed by atoms with E-state index in [1.807, 2.05) is 54.6 Å². The Morgan fingerprint density at radius 3 is 2.27 bits per heavy atom. The number of hydrogen-bond acceptors (Lipinski definition) is 6. The van der Waals surface area contributed by atoms with E-state index < -0.39 is 23.6 Å². The van der Waals surface area contributed by atoms with Crippen molar-refractivity contribution in [2.45, 2.75) is 38.5 Å². The van der Waals surface area contributed by atoms with E-state index in [4.69, 9.17) is 9.47 Å². The smallest absolute Gasteiger partial charge is 0.343 e. The van der Waals surface area contributed by atoms with Gasteiger partial charge in [0.2, 0.25) is 5.91 Å². The molecule has 0 spiro atoms. The Bertz CT molecular complexity index is 1340. The number of hydrogen-bond donors (Lipinski definition) is 3. The number of ether oxygens (including phenoxy) is 2. The summed E-state index contributed by atoms with van der Waals surface area (Å²) in [4.78, 5) is 25.7. The first-order valence-electron chi connectivity index (χ1n) is 13.4. The van der Waals surface area contributed by atoms with Crippen LogP contribution in [0.2, 0.25) is 0 Å². The monoisotopic (exact) mass is 555 g/mol. The highest BCUT2D eigenvalue weighted by molar-refractivity contribution is 5.93. The van der Waals surface area contributed by atoms with E-state index in [-0.39, 0.29) is 23.3 Å². The minimum atomic E-state index is -1.26. The lowest BCUT2D eigenvalue weighted by Crippen LogP contribution is -2.37. The normalized spacial score (nSPS) is 33.1. The average Bonchev–Trinajstić information content (AvgIpc) is 3.14. The third kappa shape index (κ3) is 8.51. The fourth-order valence-corrected chi connectivity index (χ4v) is 4.52. The Hall–Kier alpha value is -4.46. The average molecular weight is 556 g/mol. The molecule has 41 heavy (non-hydrogen) atoms. The van der Waals surface area contributed by atoms with Gasteiger partial charge in [-0.25, -0.2) is 4.79 Å². The van der Waals surface area contributed by atoms with Gasteiger partial charge in [0.1, 0.15) is 23.7 Å². The summed E-state index contributed by atoms with van der Waals surface area (Å²) in [6, 6.07) is 9.60. The minimum Gasteiger partial charge on any atom is -0.509 e. The van der Waals surface area contributed by atoms with Crippen LogP contribution in [0.5, 0.6) is 0 Å². The quantitative estimate of drug-likeness (QED) is 0.399. The SMILES string of the molecule is CO[C@H]1C(O)=C2C(=O)O\C(C)=C/C=C\C=C/C=C\C[C@H](c3ccccc3)NC(=O)\C=C/C=C\C=C/C=C\[C@@]2(C)[C@@H]1O. The number of fused-ring (bicyclic) bond motifs is 1. The third-order valence-electron chi connectivity index (χ3n) is 6.72. The molecule has 214 valence electrons. The number of cyclic esters (lactones) is 1. The Labute approximate surface area is 241 Å². The van der Waals surface area contributed by atoms with Crippen LogP contribution in [0.3, 0.4) is 0 Å². The van der Waals surface area contributed by atoms with Gasteiger partial charge in [-0.15, -0.1) is 0 Å². The molecule has 0 fully saturated rings. The zero-order valence-electron chi connectivity index (χ0n) is 23.5. The van der Waals surface area contributed by atoms with Crippen molar-refractivity contribution in [3.8, 4) is 0 Å². The second-order valence-corrected chi connectivity index (χ2v) is 9.70. The fraction of sp³-hybridized carbons (Fsp3) is 0.235. The minimum absolute atomic E-state index is 0.0731. The Morgan fingerprint density at radius 2 is 1.56 bits per heavy atom. The molecule has 1 aromatic rings. The number of aliphatic hydroxyl groups excluding tert-OH is 2. The number of allylic oxidation sites excluding steroid dienone is 13. The summed E-state index contributed by atoms with van der Waals surface area (Å²) >= 11 is 0. The number of aliphatic hydroxyl groups is 2. The molecule has 0 unspecified atom stereocenters. The molecular weight excluding hydrogens is 518 g/mol. The van der Waals surface area contributed by atoms with Crippen molar-refractivity contribution < 1.29 is 29.3 Å². The van der Waals surface area contributed by atoms with Crippen LogP contribution in [0.25, 0.3) is 0 Å². The van der Waals surface area contributed by atoms with Gasteiger partial charge in [0.25, 0.3) is 0 Å². The molecule has 4 atom stereocenters. The lowest BCUT2D eigenvalue weighted by molar-refractivity contribution is -0.136. The van der Waals surface area contributed by atoms with Crippen LogP contribution in [0.15, 0.2) is 139 Å². The van der Waals surface area contributed by atoms with E-state index >= 15 is 0 Å². The zero-order valence-corrected chi connectivity index (χ0v) is 23.5. The highest BCUT2D eigenvalue weighted by Crippen LogP contribution is 2.45. The largest absolute Gasteiger partial charge is 0.509 e. The number of rotatable bonds is 2.